The molecular weight excluding hydrogens is 440 g/mol. The number of esters is 1. The minimum atomic E-state index is -1.43. The molecule has 3 aliphatic rings. The van der Waals surface area contributed by atoms with Crippen molar-refractivity contribution in [1.82, 2.24) is 4.90 Å². The number of ether oxygens (including phenoxy) is 4. The van der Waals surface area contributed by atoms with Gasteiger partial charge in [-0.05, 0) is 50.2 Å². The van der Waals surface area contributed by atoms with Crippen molar-refractivity contribution in [3.8, 4) is 17.2 Å². The van der Waals surface area contributed by atoms with Gasteiger partial charge >= 0.3 is 12.0 Å². The number of hydrogen-bond acceptors (Lipinski definition) is 7. The first kappa shape index (κ1) is 22.1. The first-order chi connectivity index (χ1) is 16.4. The lowest BCUT2D eigenvalue weighted by Crippen LogP contribution is -2.51. The molecule has 0 bridgehead atoms. The van der Waals surface area contributed by atoms with Crippen molar-refractivity contribution in [3.05, 3.63) is 48.0 Å². The number of hydrogen-bond donors (Lipinski definition) is 0. The summed E-state index contributed by atoms with van der Waals surface area (Å²) in [4.78, 5) is 43.7. The summed E-state index contributed by atoms with van der Waals surface area (Å²) in [5, 5.41) is 0. The Morgan fingerprint density at radius 3 is 2.41 bits per heavy atom. The molecule has 3 aliphatic heterocycles. The Hall–Kier alpha value is -3.75. The summed E-state index contributed by atoms with van der Waals surface area (Å²) in [7, 11) is 3.10. The van der Waals surface area contributed by atoms with Crippen molar-refractivity contribution in [1.29, 1.82) is 0 Å². The quantitative estimate of drug-likeness (QED) is 0.493. The first-order valence-corrected chi connectivity index (χ1v) is 11.2. The lowest BCUT2D eigenvalue weighted by Gasteiger charge is -2.34. The minimum absolute atomic E-state index is 0.168. The van der Waals surface area contributed by atoms with Gasteiger partial charge in [-0.2, -0.15) is 0 Å². The zero-order chi connectivity index (χ0) is 24.2. The van der Waals surface area contributed by atoms with Crippen LogP contribution >= 0.6 is 0 Å². The summed E-state index contributed by atoms with van der Waals surface area (Å²) < 4.78 is 21.9. The number of imide groups is 1. The van der Waals surface area contributed by atoms with Crippen molar-refractivity contribution in [3.63, 3.8) is 0 Å². The van der Waals surface area contributed by atoms with Crippen LogP contribution in [0, 0.1) is 11.8 Å². The molecule has 9 nitrogen and oxygen atoms in total. The highest BCUT2D eigenvalue weighted by Crippen LogP contribution is 2.58. The minimum Gasteiger partial charge on any atom is -0.497 e. The van der Waals surface area contributed by atoms with Gasteiger partial charge in [0.15, 0.2) is 0 Å². The van der Waals surface area contributed by atoms with E-state index >= 15 is 0 Å². The number of carbonyl (C=O) groups excluding carboxylic acids is 3. The van der Waals surface area contributed by atoms with E-state index in [1.165, 1.54) is 0 Å². The molecule has 0 spiro atoms. The zero-order valence-corrected chi connectivity index (χ0v) is 19.4. The molecule has 34 heavy (non-hydrogen) atoms. The van der Waals surface area contributed by atoms with Crippen LogP contribution in [0.3, 0.4) is 0 Å². The molecule has 2 aromatic rings. The Balaban J connectivity index is 1.65. The molecule has 178 valence electrons. The molecule has 4 atom stereocenters. The smallest absolute Gasteiger partial charge is 0.332 e. The number of fused-ring (bicyclic) bond motifs is 5. The van der Waals surface area contributed by atoms with Crippen LogP contribution in [0.25, 0.3) is 0 Å². The van der Waals surface area contributed by atoms with Crippen molar-refractivity contribution in [2.24, 2.45) is 11.8 Å². The van der Waals surface area contributed by atoms with E-state index in [4.69, 9.17) is 18.9 Å². The molecule has 0 aromatic heterocycles. The number of carbonyl (C=O) groups is 3. The fraction of sp³-hybridized carbons (Fsp3) is 0.400. The van der Waals surface area contributed by atoms with E-state index in [9.17, 15) is 14.4 Å². The Kier molecular flexibility index (Phi) is 5.15. The fourth-order valence-electron chi connectivity index (χ4n) is 5.55. The Bertz CT molecular complexity index is 1160. The molecule has 2 saturated heterocycles. The lowest BCUT2D eigenvalue weighted by molar-refractivity contribution is -0.154. The fourth-order valence-corrected chi connectivity index (χ4v) is 5.55. The molecule has 0 radical (unpaired) electrons. The van der Waals surface area contributed by atoms with Crippen molar-refractivity contribution >= 4 is 23.6 Å². The monoisotopic (exact) mass is 466 g/mol. The van der Waals surface area contributed by atoms with E-state index in [0.29, 0.717) is 22.9 Å². The third kappa shape index (κ3) is 2.89. The maximum atomic E-state index is 13.9. The lowest BCUT2D eigenvalue weighted by atomic mass is 9.77. The van der Waals surface area contributed by atoms with Crippen LogP contribution < -0.4 is 19.1 Å². The third-order valence-electron chi connectivity index (χ3n) is 7.09. The average molecular weight is 466 g/mol. The Labute approximate surface area is 197 Å². The maximum absolute atomic E-state index is 13.9. The largest absolute Gasteiger partial charge is 0.497 e. The average Bonchev–Trinajstić information content (AvgIpc) is 3.23. The van der Waals surface area contributed by atoms with Gasteiger partial charge in [-0.15, -0.1) is 0 Å². The number of methoxy groups -OCH3 is 2. The number of nitrogens with zero attached hydrogens (tertiary/aromatic N) is 2. The highest BCUT2D eigenvalue weighted by atomic mass is 16.5. The van der Waals surface area contributed by atoms with Crippen molar-refractivity contribution in [2.75, 3.05) is 32.3 Å². The van der Waals surface area contributed by atoms with Crippen LogP contribution in [-0.4, -0.2) is 55.8 Å². The molecule has 5 rings (SSSR count). The topological polar surface area (TPSA) is 94.6 Å². The Morgan fingerprint density at radius 2 is 1.76 bits per heavy atom. The van der Waals surface area contributed by atoms with Crippen LogP contribution in [0.1, 0.15) is 25.5 Å². The summed E-state index contributed by atoms with van der Waals surface area (Å²) in [5.41, 5.74) is -0.288. The standard InChI is InChI=1S/C25H26N2O7/c1-5-33-22(28)20-18-13-34-19-12-16(32-4)10-11-17(19)21(18)27-24(30)26(23(29)25(20,27)2)14-6-8-15(31-3)9-7-14/h6-12,18,20-21H,5,13H2,1-4H3/t18?,20?,21?,25-/m1/s1. The predicted molar refractivity (Wildman–Crippen MR) is 121 cm³/mol. The Morgan fingerprint density at radius 1 is 1.09 bits per heavy atom. The van der Waals surface area contributed by atoms with Crippen LogP contribution in [0.2, 0.25) is 0 Å². The molecule has 3 unspecified atom stereocenters. The van der Waals surface area contributed by atoms with E-state index in [1.54, 1.807) is 69.4 Å². The number of urea groups is 1. The van der Waals surface area contributed by atoms with Gasteiger partial charge in [0.25, 0.3) is 5.91 Å². The number of amides is 3. The van der Waals surface area contributed by atoms with E-state index < -0.39 is 41.3 Å². The van der Waals surface area contributed by atoms with E-state index in [1.807, 2.05) is 6.07 Å². The van der Waals surface area contributed by atoms with Crippen LogP contribution in [0.5, 0.6) is 17.2 Å². The van der Waals surface area contributed by atoms with Gasteiger partial charge in [-0.3, -0.25) is 9.59 Å². The summed E-state index contributed by atoms with van der Waals surface area (Å²) in [6.45, 7) is 3.71. The van der Waals surface area contributed by atoms with E-state index in [2.05, 4.69) is 0 Å². The van der Waals surface area contributed by atoms with Crippen molar-refractivity contribution < 1.29 is 33.3 Å². The number of benzene rings is 2. The van der Waals surface area contributed by atoms with Crippen molar-refractivity contribution in [2.45, 2.75) is 25.4 Å². The van der Waals surface area contributed by atoms with Crippen LogP contribution in [0.15, 0.2) is 42.5 Å². The van der Waals surface area contributed by atoms with Gasteiger partial charge in [-0.1, -0.05) is 0 Å². The second-order valence-corrected chi connectivity index (χ2v) is 8.69. The van der Waals surface area contributed by atoms with Gasteiger partial charge in [0.1, 0.15) is 22.8 Å². The maximum Gasteiger partial charge on any atom is 0.332 e. The van der Waals surface area contributed by atoms with Crippen LogP contribution in [0.4, 0.5) is 10.5 Å². The predicted octanol–water partition coefficient (Wildman–Crippen LogP) is 3.17. The molecule has 3 heterocycles. The van der Waals surface area contributed by atoms with E-state index in [-0.39, 0.29) is 13.2 Å². The molecule has 0 N–H and O–H groups in total. The second kappa shape index (κ2) is 7.93. The third-order valence-corrected chi connectivity index (χ3v) is 7.09. The normalized spacial score (nSPS) is 27.0. The summed E-state index contributed by atoms with van der Waals surface area (Å²) >= 11 is 0. The molecule has 3 amide bonds. The zero-order valence-electron chi connectivity index (χ0n) is 19.4. The number of rotatable bonds is 5. The van der Waals surface area contributed by atoms with Gasteiger partial charge in [0, 0.05) is 17.5 Å². The second-order valence-electron chi connectivity index (χ2n) is 8.69. The SMILES string of the molecule is CCOC(=O)C1C2COc3cc(OC)ccc3C2N2C(=O)N(c3ccc(OC)cc3)C(=O)[C@@]12C. The molecular formula is C25H26N2O7. The molecule has 2 fully saturated rings. The first-order valence-electron chi connectivity index (χ1n) is 11.2. The molecule has 9 heteroatoms. The van der Waals surface area contributed by atoms with Gasteiger partial charge < -0.3 is 23.8 Å². The molecule has 0 aliphatic carbocycles. The highest BCUT2D eigenvalue weighted by Gasteiger charge is 2.72. The highest BCUT2D eigenvalue weighted by molar-refractivity contribution is 6.24. The number of anilines is 1. The summed E-state index contributed by atoms with van der Waals surface area (Å²) in [6, 6.07) is 11.0. The van der Waals surface area contributed by atoms with Gasteiger partial charge in [0.2, 0.25) is 0 Å². The van der Waals surface area contributed by atoms with E-state index in [0.717, 1.165) is 10.5 Å². The molecule has 0 saturated carbocycles. The van der Waals surface area contributed by atoms with Gasteiger partial charge in [-0.25, -0.2) is 9.69 Å². The summed E-state index contributed by atoms with van der Waals surface area (Å²) in [6.07, 6.45) is 0. The summed E-state index contributed by atoms with van der Waals surface area (Å²) in [5.74, 6) is -0.514. The van der Waals surface area contributed by atoms with Gasteiger partial charge in [0.05, 0.1) is 45.1 Å². The molecule has 2 aromatic carbocycles. The van der Waals surface area contributed by atoms with Crippen LogP contribution in [-0.2, 0) is 14.3 Å².